The highest BCUT2D eigenvalue weighted by atomic mass is 16.5. The van der Waals surface area contributed by atoms with E-state index in [0.717, 1.165) is 18.4 Å². The SMILES string of the molecule is COc1c(O)cc2cc1Oc1ccc(cc1)CCCOC(=O)C=C2. The number of methoxy groups -OCH3 is 1. The highest BCUT2D eigenvalue weighted by Crippen LogP contribution is 2.40. The molecule has 2 heterocycles. The molecule has 1 N–H and O–H groups in total. The Bertz CT molecular complexity index is 762. The van der Waals surface area contributed by atoms with Crippen molar-refractivity contribution in [2.45, 2.75) is 12.8 Å². The molecule has 124 valence electrons. The van der Waals surface area contributed by atoms with E-state index in [1.54, 1.807) is 12.1 Å². The summed E-state index contributed by atoms with van der Waals surface area (Å²) in [6.07, 6.45) is 4.46. The molecule has 0 spiro atoms. The Kier molecular flexibility index (Phi) is 4.70. The molecule has 5 heteroatoms. The molecule has 4 bridgehead atoms. The minimum absolute atomic E-state index is 0.0658. The number of hydrogen-bond donors (Lipinski definition) is 1. The lowest BCUT2D eigenvalue weighted by Crippen LogP contribution is -2.03. The van der Waals surface area contributed by atoms with Crippen molar-refractivity contribution in [3.05, 3.63) is 53.6 Å². The quantitative estimate of drug-likeness (QED) is 0.810. The van der Waals surface area contributed by atoms with Gasteiger partial charge in [-0.25, -0.2) is 4.79 Å². The molecule has 2 aliphatic heterocycles. The number of ether oxygens (including phenoxy) is 3. The van der Waals surface area contributed by atoms with Gasteiger partial charge in [-0.1, -0.05) is 12.1 Å². The molecular formula is C19H18O5. The molecule has 0 aliphatic carbocycles. The average molecular weight is 326 g/mol. The smallest absolute Gasteiger partial charge is 0.330 e. The zero-order valence-electron chi connectivity index (χ0n) is 13.3. The number of fused-ring (bicyclic) bond motifs is 7. The molecule has 24 heavy (non-hydrogen) atoms. The minimum Gasteiger partial charge on any atom is -0.504 e. The lowest BCUT2D eigenvalue weighted by molar-refractivity contribution is -0.137. The third kappa shape index (κ3) is 3.68. The summed E-state index contributed by atoms with van der Waals surface area (Å²) in [6, 6.07) is 10.8. The van der Waals surface area contributed by atoms with Crippen LogP contribution in [0.25, 0.3) is 6.08 Å². The Balaban J connectivity index is 2.03. The van der Waals surface area contributed by atoms with Crippen LogP contribution in [0.3, 0.4) is 0 Å². The first kappa shape index (κ1) is 15.9. The molecule has 2 aliphatic rings. The van der Waals surface area contributed by atoms with E-state index < -0.39 is 5.97 Å². The Morgan fingerprint density at radius 1 is 1.12 bits per heavy atom. The fourth-order valence-electron chi connectivity index (χ4n) is 2.50. The van der Waals surface area contributed by atoms with Gasteiger partial charge in [-0.2, -0.15) is 0 Å². The topological polar surface area (TPSA) is 65.0 Å². The zero-order chi connectivity index (χ0) is 16.9. The number of phenols is 1. The molecule has 0 saturated carbocycles. The van der Waals surface area contributed by atoms with Crippen LogP contribution in [0.5, 0.6) is 23.0 Å². The lowest BCUT2D eigenvalue weighted by atomic mass is 10.1. The zero-order valence-corrected chi connectivity index (χ0v) is 13.3. The predicted octanol–water partition coefficient (Wildman–Crippen LogP) is 3.70. The van der Waals surface area contributed by atoms with E-state index in [1.807, 2.05) is 24.3 Å². The van der Waals surface area contributed by atoms with Crippen LogP contribution < -0.4 is 9.47 Å². The minimum atomic E-state index is -0.419. The van der Waals surface area contributed by atoms with Gasteiger partial charge in [0.25, 0.3) is 0 Å². The first-order valence-corrected chi connectivity index (χ1v) is 7.68. The first-order valence-electron chi connectivity index (χ1n) is 7.68. The largest absolute Gasteiger partial charge is 0.504 e. The summed E-state index contributed by atoms with van der Waals surface area (Å²) in [5, 5.41) is 10.1. The molecular weight excluding hydrogens is 308 g/mol. The van der Waals surface area contributed by atoms with E-state index in [2.05, 4.69) is 0 Å². The van der Waals surface area contributed by atoms with E-state index >= 15 is 0 Å². The highest BCUT2D eigenvalue weighted by molar-refractivity contribution is 5.87. The van der Waals surface area contributed by atoms with Crippen molar-refractivity contribution in [2.24, 2.45) is 0 Å². The summed E-state index contributed by atoms with van der Waals surface area (Å²) in [5.74, 6) is 0.761. The van der Waals surface area contributed by atoms with Gasteiger partial charge in [-0.05, 0) is 54.3 Å². The van der Waals surface area contributed by atoms with Crippen molar-refractivity contribution >= 4 is 12.0 Å². The van der Waals surface area contributed by atoms with Crippen LogP contribution in [0.15, 0.2) is 42.5 Å². The summed E-state index contributed by atoms with van der Waals surface area (Å²) in [5.41, 5.74) is 1.74. The van der Waals surface area contributed by atoms with E-state index in [4.69, 9.17) is 14.2 Å². The fraction of sp³-hybridized carbons (Fsp3) is 0.211. The van der Waals surface area contributed by atoms with Crippen molar-refractivity contribution in [1.29, 1.82) is 0 Å². The molecule has 2 aromatic carbocycles. The Morgan fingerprint density at radius 3 is 2.67 bits per heavy atom. The summed E-state index contributed by atoms with van der Waals surface area (Å²) >= 11 is 0. The number of aromatic hydroxyl groups is 1. The Hall–Kier alpha value is -2.95. The monoisotopic (exact) mass is 326 g/mol. The van der Waals surface area contributed by atoms with Crippen LogP contribution in [-0.2, 0) is 16.0 Å². The van der Waals surface area contributed by atoms with Crippen LogP contribution in [0.1, 0.15) is 17.5 Å². The third-order valence-corrected chi connectivity index (χ3v) is 3.68. The van der Waals surface area contributed by atoms with Crippen molar-refractivity contribution in [3.63, 3.8) is 0 Å². The molecule has 0 unspecified atom stereocenters. The Labute approximate surface area is 140 Å². The number of aryl methyl sites for hydroxylation is 1. The van der Waals surface area contributed by atoms with Crippen molar-refractivity contribution in [1.82, 2.24) is 0 Å². The van der Waals surface area contributed by atoms with Gasteiger partial charge in [-0.3, -0.25) is 0 Å². The van der Waals surface area contributed by atoms with Crippen molar-refractivity contribution in [3.8, 4) is 23.0 Å². The van der Waals surface area contributed by atoms with Crippen LogP contribution in [0, 0.1) is 0 Å². The molecule has 5 nitrogen and oxygen atoms in total. The highest BCUT2D eigenvalue weighted by Gasteiger charge is 2.13. The number of benzene rings is 2. The maximum atomic E-state index is 11.7. The summed E-state index contributed by atoms with van der Waals surface area (Å²) in [6.45, 7) is 0.362. The molecule has 0 atom stereocenters. The van der Waals surface area contributed by atoms with Gasteiger partial charge in [0.1, 0.15) is 5.75 Å². The van der Waals surface area contributed by atoms with E-state index in [0.29, 0.717) is 23.7 Å². The van der Waals surface area contributed by atoms with Gasteiger partial charge in [-0.15, -0.1) is 0 Å². The molecule has 0 amide bonds. The van der Waals surface area contributed by atoms with Gasteiger partial charge in [0.05, 0.1) is 13.7 Å². The van der Waals surface area contributed by atoms with Crippen LogP contribution in [0.2, 0.25) is 0 Å². The predicted molar refractivity (Wildman–Crippen MR) is 89.5 cm³/mol. The second-order valence-electron chi connectivity index (χ2n) is 5.42. The fourth-order valence-corrected chi connectivity index (χ4v) is 2.50. The third-order valence-electron chi connectivity index (χ3n) is 3.68. The molecule has 4 rings (SSSR count). The number of carbonyl (C=O) groups excluding carboxylic acids is 1. The number of esters is 1. The standard InChI is InChI=1S/C19H18O5/c1-22-19-16(20)11-14-6-9-18(21)23-10-2-3-13-4-7-15(8-5-13)24-17(19)12-14/h4-9,11-12,20H,2-3,10H2,1H3. The van der Waals surface area contributed by atoms with Gasteiger partial charge in [0.15, 0.2) is 11.5 Å². The molecule has 0 fully saturated rings. The van der Waals surface area contributed by atoms with Crippen molar-refractivity contribution < 1.29 is 24.1 Å². The molecule has 0 saturated heterocycles. The summed E-state index contributed by atoms with van der Waals surface area (Å²) < 4.78 is 16.2. The number of hydrogen-bond acceptors (Lipinski definition) is 5. The normalized spacial score (nSPS) is 14.3. The number of carbonyl (C=O) groups is 1. The lowest BCUT2D eigenvalue weighted by Gasteiger charge is -2.13. The summed E-state index contributed by atoms with van der Waals surface area (Å²) in [4.78, 5) is 11.7. The maximum absolute atomic E-state index is 11.7. The second kappa shape index (κ2) is 7.08. The maximum Gasteiger partial charge on any atom is 0.330 e. The first-order chi connectivity index (χ1) is 11.7. The van der Waals surface area contributed by atoms with Crippen LogP contribution >= 0.6 is 0 Å². The van der Waals surface area contributed by atoms with E-state index in [1.165, 1.54) is 19.3 Å². The molecule has 0 aromatic heterocycles. The van der Waals surface area contributed by atoms with Gasteiger partial charge in [0, 0.05) is 6.08 Å². The summed E-state index contributed by atoms with van der Waals surface area (Å²) in [7, 11) is 1.46. The second-order valence-corrected chi connectivity index (χ2v) is 5.42. The van der Waals surface area contributed by atoms with Crippen LogP contribution in [0.4, 0.5) is 0 Å². The van der Waals surface area contributed by atoms with Gasteiger partial charge in [0.2, 0.25) is 5.75 Å². The van der Waals surface area contributed by atoms with E-state index in [9.17, 15) is 9.90 Å². The van der Waals surface area contributed by atoms with Gasteiger partial charge >= 0.3 is 5.97 Å². The Morgan fingerprint density at radius 2 is 1.92 bits per heavy atom. The van der Waals surface area contributed by atoms with Gasteiger partial charge < -0.3 is 19.3 Å². The average Bonchev–Trinajstić information content (AvgIpc) is 2.58. The molecule has 0 radical (unpaired) electrons. The van der Waals surface area contributed by atoms with Crippen LogP contribution in [-0.4, -0.2) is 24.8 Å². The van der Waals surface area contributed by atoms with E-state index in [-0.39, 0.29) is 11.5 Å². The number of phenolic OH excluding ortho intramolecular Hbond substituents is 1. The van der Waals surface area contributed by atoms with Crippen molar-refractivity contribution in [2.75, 3.05) is 13.7 Å². The molecule has 2 aromatic rings. The number of rotatable bonds is 1.